The molecular formula is C20H14O3S. The van der Waals surface area contributed by atoms with Gasteiger partial charge in [0.25, 0.3) is 0 Å². The Morgan fingerprint density at radius 1 is 0.917 bits per heavy atom. The van der Waals surface area contributed by atoms with Crippen LogP contribution in [0.1, 0.15) is 25.6 Å². The van der Waals surface area contributed by atoms with Crippen LogP contribution >= 0.6 is 11.3 Å². The lowest BCUT2D eigenvalue weighted by molar-refractivity contribution is 0.0739. The third-order valence-corrected chi connectivity index (χ3v) is 4.13. The van der Waals surface area contributed by atoms with E-state index in [1.807, 2.05) is 29.6 Å². The average molecular weight is 334 g/mol. The van der Waals surface area contributed by atoms with Gasteiger partial charge in [-0.15, -0.1) is 11.3 Å². The number of ether oxygens (including phenoxy) is 1. The molecule has 0 spiro atoms. The van der Waals surface area contributed by atoms with Crippen LogP contribution in [0, 0.1) is 0 Å². The van der Waals surface area contributed by atoms with E-state index in [4.69, 9.17) is 4.74 Å². The fraction of sp³-hybridized carbons (Fsp3) is 0. The van der Waals surface area contributed by atoms with Crippen molar-refractivity contribution in [2.45, 2.75) is 0 Å². The average Bonchev–Trinajstić information content (AvgIpc) is 3.15. The highest BCUT2D eigenvalue weighted by Crippen LogP contribution is 2.18. The summed E-state index contributed by atoms with van der Waals surface area (Å²) in [7, 11) is 0. The molecule has 0 unspecified atom stereocenters. The Labute approximate surface area is 143 Å². The van der Waals surface area contributed by atoms with Gasteiger partial charge in [-0.1, -0.05) is 54.6 Å². The fourth-order valence-corrected chi connectivity index (χ4v) is 2.70. The van der Waals surface area contributed by atoms with Gasteiger partial charge in [-0.05, 0) is 35.2 Å². The molecule has 0 N–H and O–H groups in total. The molecule has 0 radical (unpaired) electrons. The SMILES string of the molecule is O=C(C=Cc1cccc(OC(=O)c2cccs2)c1)c1ccccc1. The molecule has 2 aromatic carbocycles. The quantitative estimate of drug-likeness (QED) is 0.289. The van der Waals surface area contributed by atoms with Crippen molar-refractivity contribution in [2.24, 2.45) is 0 Å². The lowest BCUT2D eigenvalue weighted by Crippen LogP contribution is -2.06. The Bertz CT molecular complexity index is 865. The third kappa shape index (κ3) is 4.06. The van der Waals surface area contributed by atoms with Crippen LogP contribution in [0.5, 0.6) is 5.75 Å². The smallest absolute Gasteiger partial charge is 0.353 e. The number of thiophene rings is 1. The Morgan fingerprint density at radius 2 is 1.75 bits per heavy atom. The molecule has 0 bridgehead atoms. The van der Waals surface area contributed by atoms with Gasteiger partial charge in [0.2, 0.25) is 0 Å². The van der Waals surface area contributed by atoms with Gasteiger partial charge >= 0.3 is 5.97 Å². The number of ketones is 1. The van der Waals surface area contributed by atoms with Crippen LogP contribution < -0.4 is 4.74 Å². The largest absolute Gasteiger partial charge is 0.422 e. The van der Waals surface area contributed by atoms with E-state index in [-0.39, 0.29) is 11.8 Å². The summed E-state index contributed by atoms with van der Waals surface area (Å²) in [5.41, 5.74) is 1.42. The molecule has 0 amide bonds. The molecule has 0 aliphatic carbocycles. The summed E-state index contributed by atoms with van der Waals surface area (Å²) in [4.78, 5) is 24.6. The van der Waals surface area contributed by atoms with Gasteiger partial charge in [0.1, 0.15) is 10.6 Å². The first-order valence-electron chi connectivity index (χ1n) is 7.35. The van der Waals surface area contributed by atoms with Crippen LogP contribution in [0.15, 0.2) is 78.2 Å². The molecule has 3 aromatic rings. The van der Waals surface area contributed by atoms with Crippen molar-refractivity contribution in [1.29, 1.82) is 0 Å². The summed E-state index contributed by atoms with van der Waals surface area (Å²) in [5, 5.41) is 1.82. The second kappa shape index (κ2) is 7.53. The first-order valence-corrected chi connectivity index (χ1v) is 8.23. The molecule has 0 atom stereocenters. The minimum absolute atomic E-state index is 0.0726. The van der Waals surface area contributed by atoms with Crippen molar-refractivity contribution >= 4 is 29.2 Å². The van der Waals surface area contributed by atoms with Crippen molar-refractivity contribution < 1.29 is 14.3 Å². The number of carbonyl (C=O) groups is 2. The Morgan fingerprint density at radius 3 is 2.50 bits per heavy atom. The van der Waals surface area contributed by atoms with Crippen LogP contribution in [0.4, 0.5) is 0 Å². The zero-order valence-electron chi connectivity index (χ0n) is 12.7. The van der Waals surface area contributed by atoms with Crippen molar-refractivity contribution in [1.82, 2.24) is 0 Å². The summed E-state index contributed by atoms with van der Waals surface area (Å²) in [6.07, 6.45) is 3.22. The van der Waals surface area contributed by atoms with Crippen molar-refractivity contribution in [2.75, 3.05) is 0 Å². The number of benzene rings is 2. The molecule has 118 valence electrons. The Hall–Kier alpha value is -2.98. The fourth-order valence-electron chi connectivity index (χ4n) is 2.10. The first kappa shape index (κ1) is 15.9. The zero-order chi connectivity index (χ0) is 16.8. The highest BCUT2D eigenvalue weighted by Gasteiger charge is 2.09. The van der Waals surface area contributed by atoms with Crippen LogP contribution in [-0.2, 0) is 0 Å². The number of carbonyl (C=O) groups excluding carboxylic acids is 2. The number of rotatable bonds is 5. The minimum Gasteiger partial charge on any atom is -0.422 e. The molecule has 0 saturated heterocycles. The van der Waals surface area contributed by atoms with Gasteiger partial charge in [-0.3, -0.25) is 4.79 Å². The summed E-state index contributed by atoms with van der Waals surface area (Å²) in [6, 6.07) is 19.6. The standard InChI is InChI=1S/C20H14O3S/c21-18(16-7-2-1-3-8-16)12-11-15-6-4-9-17(14-15)23-20(22)19-10-5-13-24-19/h1-14H. The molecule has 0 aliphatic heterocycles. The van der Waals surface area contributed by atoms with E-state index in [9.17, 15) is 9.59 Å². The van der Waals surface area contributed by atoms with Crippen LogP contribution in [0.2, 0.25) is 0 Å². The summed E-state index contributed by atoms with van der Waals surface area (Å²) >= 11 is 1.33. The van der Waals surface area contributed by atoms with Crippen LogP contribution in [0.25, 0.3) is 6.08 Å². The Balaban J connectivity index is 1.70. The number of hydrogen-bond acceptors (Lipinski definition) is 4. The van der Waals surface area contributed by atoms with E-state index in [1.54, 1.807) is 48.5 Å². The molecule has 0 saturated carbocycles. The van der Waals surface area contributed by atoms with Crippen molar-refractivity contribution in [3.05, 3.63) is 94.2 Å². The normalized spacial score (nSPS) is 10.7. The van der Waals surface area contributed by atoms with E-state index in [0.29, 0.717) is 16.2 Å². The molecule has 1 aromatic heterocycles. The van der Waals surface area contributed by atoms with Crippen LogP contribution in [0.3, 0.4) is 0 Å². The maximum Gasteiger partial charge on any atom is 0.353 e. The minimum atomic E-state index is -0.383. The van der Waals surface area contributed by atoms with Crippen molar-refractivity contribution in [3.63, 3.8) is 0 Å². The van der Waals surface area contributed by atoms with Crippen LogP contribution in [-0.4, -0.2) is 11.8 Å². The monoisotopic (exact) mass is 334 g/mol. The summed E-state index contributed by atoms with van der Waals surface area (Å²) in [5.74, 6) is -0.00853. The molecule has 4 heteroatoms. The molecule has 3 rings (SSSR count). The predicted molar refractivity (Wildman–Crippen MR) is 95.5 cm³/mol. The van der Waals surface area contributed by atoms with E-state index < -0.39 is 0 Å². The first-order chi connectivity index (χ1) is 11.7. The lowest BCUT2D eigenvalue weighted by atomic mass is 10.1. The van der Waals surface area contributed by atoms with Gasteiger partial charge in [-0.25, -0.2) is 4.79 Å². The highest BCUT2D eigenvalue weighted by molar-refractivity contribution is 7.12. The van der Waals surface area contributed by atoms with Gasteiger partial charge in [-0.2, -0.15) is 0 Å². The van der Waals surface area contributed by atoms with Gasteiger partial charge in [0.05, 0.1) is 0 Å². The molecular weight excluding hydrogens is 320 g/mol. The second-order valence-electron chi connectivity index (χ2n) is 5.00. The number of esters is 1. The second-order valence-corrected chi connectivity index (χ2v) is 5.95. The predicted octanol–water partition coefficient (Wildman–Crippen LogP) is 4.86. The highest BCUT2D eigenvalue weighted by atomic mass is 32.1. The number of hydrogen-bond donors (Lipinski definition) is 0. The van der Waals surface area contributed by atoms with Gasteiger partial charge in [0, 0.05) is 5.56 Å². The maximum atomic E-state index is 12.1. The Kier molecular flexibility index (Phi) is 4.99. The number of allylic oxidation sites excluding steroid dienone is 1. The summed E-state index contributed by atoms with van der Waals surface area (Å²) < 4.78 is 5.34. The molecule has 3 nitrogen and oxygen atoms in total. The van der Waals surface area contributed by atoms with E-state index in [2.05, 4.69) is 0 Å². The molecule has 0 fully saturated rings. The van der Waals surface area contributed by atoms with Crippen molar-refractivity contribution in [3.8, 4) is 5.75 Å². The maximum absolute atomic E-state index is 12.1. The zero-order valence-corrected chi connectivity index (χ0v) is 13.5. The lowest BCUT2D eigenvalue weighted by Gasteiger charge is -2.03. The molecule has 0 aliphatic rings. The van der Waals surface area contributed by atoms with Gasteiger partial charge < -0.3 is 4.74 Å². The van der Waals surface area contributed by atoms with E-state index in [1.165, 1.54) is 17.4 Å². The molecule has 24 heavy (non-hydrogen) atoms. The van der Waals surface area contributed by atoms with E-state index >= 15 is 0 Å². The van der Waals surface area contributed by atoms with E-state index in [0.717, 1.165) is 5.56 Å². The molecule has 1 heterocycles. The summed E-state index contributed by atoms with van der Waals surface area (Å²) in [6.45, 7) is 0. The van der Waals surface area contributed by atoms with Gasteiger partial charge in [0.15, 0.2) is 5.78 Å². The third-order valence-electron chi connectivity index (χ3n) is 3.28. The topological polar surface area (TPSA) is 43.4 Å².